The monoisotopic (exact) mass is 345 g/mol. The summed E-state index contributed by atoms with van der Waals surface area (Å²) in [6.07, 6.45) is 1.06. The van der Waals surface area contributed by atoms with E-state index in [9.17, 15) is 14.9 Å². The number of benzene rings is 1. The highest BCUT2D eigenvalue weighted by atomic mass is 16.5. The first-order valence-electron chi connectivity index (χ1n) is 8.68. The second-order valence-electron chi connectivity index (χ2n) is 6.29. The van der Waals surface area contributed by atoms with Crippen molar-refractivity contribution in [3.63, 3.8) is 0 Å². The maximum atomic E-state index is 12.2. The van der Waals surface area contributed by atoms with Crippen LogP contribution in [-0.4, -0.2) is 25.2 Å². The van der Waals surface area contributed by atoms with Crippen LogP contribution in [-0.2, 0) is 24.5 Å². The zero-order valence-electron chi connectivity index (χ0n) is 15.6. The van der Waals surface area contributed by atoms with Crippen LogP contribution < -0.4 is 0 Å². The van der Waals surface area contributed by atoms with Crippen LogP contribution in [0.1, 0.15) is 56.2 Å². The number of hydrogen-bond donors (Lipinski definition) is 0. The van der Waals surface area contributed by atoms with E-state index < -0.39 is 17.4 Å². The number of nitrogens with zero attached hydrogens (tertiary/aromatic N) is 1. The van der Waals surface area contributed by atoms with Crippen LogP contribution in [0, 0.1) is 25.2 Å². The fraction of sp³-hybridized carbons (Fsp3) is 0.550. The van der Waals surface area contributed by atoms with E-state index in [1.54, 1.807) is 6.07 Å². The summed E-state index contributed by atoms with van der Waals surface area (Å²) < 4.78 is 10.3. The van der Waals surface area contributed by atoms with E-state index in [1.165, 1.54) is 0 Å². The molecule has 0 atom stereocenters. The Labute approximate surface area is 149 Å². The fourth-order valence-corrected chi connectivity index (χ4v) is 2.48. The topological polar surface area (TPSA) is 76.4 Å². The molecule has 25 heavy (non-hydrogen) atoms. The molecule has 0 fully saturated rings. The highest BCUT2D eigenvalue weighted by molar-refractivity contribution is 5.77. The predicted octanol–water partition coefficient (Wildman–Crippen LogP) is 3.75. The van der Waals surface area contributed by atoms with Crippen molar-refractivity contribution >= 4 is 11.9 Å². The van der Waals surface area contributed by atoms with Crippen molar-refractivity contribution in [2.75, 3.05) is 13.2 Å². The smallest absolute Gasteiger partial charge is 0.307 e. The molecule has 0 aliphatic rings. The summed E-state index contributed by atoms with van der Waals surface area (Å²) in [6.45, 7) is 8.30. The molecule has 0 aromatic heterocycles. The van der Waals surface area contributed by atoms with Crippen LogP contribution in [0.2, 0.25) is 0 Å². The molecule has 0 aliphatic carbocycles. The molecule has 0 spiro atoms. The lowest BCUT2D eigenvalue weighted by molar-refractivity contribution is -0.147. The van der Waals surface area contributed by atoms with Crippen molar-refractivity contribution in [2.45, 2.75) is 58.8 Å². The largest absolute Gasteiger partial charge is 0.466 e. The first-order valence-corrected chi connectivity index (χ1v) is 8.68. The number of ether oxygens (including phenoxy) is 2. The van der Waals surface area contributed by atoms with Gasteiger partial charge in [-0.15, -0.1) is 0 Å². The Hall–Kier alpha value is -2.35. The van der Waals surface area contributed by atoms with Gasteiger partial charge in [-0.3, -0.25) is 9.59 Å². The summed E-state index contributed by atoms with van der Waals surface area (Å²) in [6, 6.07) is 7.74. The van der Waals surface area contributed by atoms with Gasteiger partial charge in [-0.25, -0.2) is 0 Å². The number of aryl methyl sites for hydroxylation is 2. The van der Waals surface area contributed by atoms with Crippen molar-refractivity contribution in [1.29, 1.82) is 5.26 Å². The van der Waals surface area contributed by atoms with Crippen molar-refractivity contribution in [1.82, 2.24) is 0 Å². The molecule has 1 rings (SSSR count). The van der Waals surface area contributed by atoms with Gasteiger partial charge in [0.05, 0.1) is 32.1 Å². The van der Waals surface area contributed by atoms with E-state index in [4.69, 9.17) is 9.47 Å². The molecule has 0 radical (unpaired) electrons. The third kappa shape index (κ3) is 5.90. The summed E-state index contributed by atoms with van der Waals surface area (Å²) in [5, 5.41) is 9.87. The highest BCUT2D eigenvalue weighted by Crippen LogP contribution is 2.33. The summed E-state index contributed by atoms with van der Waals surface area (Å²) in [4.78, 5) is 24.3. The van der Waals surface area contributed by atoms with Gasteiger partial charge in [-0.2, -0.15) is 5.26 Å². The molecular weight excluding hydrogens is 318 g/mol. The molecule has 0 heterocycles. The highest BCUT2D eigenvalue weighted by Gasteiger charge is 2.39. The van der Waals surface area contributed by atoms with Crippen molar-refractivity contribution < 1.29 is 19.1 Å². The van der Waals surface area contributed by atoms with Crippen LogP contribution in [0.3, 0.4) is 0 Å². The Morgan fingerprint density at radius 2 is 1.52 bits per heavy atom. The number of esters is 2. The molecule has 1 aromatic rings. The molecular formula is C20H27NO4. The van der Waals surface area contributed by atoms with Crippen LogP contribution in [0.25, 0.3) is 0 Å². The summed E-state index contributed by atoms with van der Waals surface area (Å²) >= 11 is 0. The van der Waals surface area contributed by atoms with Gasteiger partial charge in [0.1, 0.15) is 5.41 Å². The van der Waals surface area contributed by atoms with E-state index in [-0.39, 0.29) is 12.8 Å². The second kappa shape index (κ2) is 9.83. The Morgan fingerprint density at radius 3 is 1.92 bits per heavy atom. The molecule has 5 nitrogen and oxygen atoms in total. The average Bonchev–Trinajstić information content (AvgIpc) is 2.59. The molecule has 0 unspecified atom stereocenters. The first-order chi connectivity index (χ1) is 11.9. The van der Waals surface area contributed by atoms with Crippen molar-refractivity contribution in [3.05, 3.63) is 34.9 Å². The van der Waals surface area contributed by atoms with E-state index in [0.717, 1.165) is 11.1 Å². The van der Waals surface area contributed by atoms with Gasteiger partial charge in [0.2, 0.25) is 0 Å². The second-order valence-corrected chi connectivity index (χ2v) is 6.29. The summed E-state index contributed by atoms with van der Waals surface area (Å²) in [7, 11) is 0. The molecule has 0 bridgehead atoms. The lowest BCUT2D eigenvalue weighted by Gasteiger charge is -2.26. The van der Waals surface area contributed by atoms with Gasteiger partial charge in [0.25, 0.3) is 0 Å². The van der Waals surface area contributed by atoms with E-state index in [0.29, 0.717) is 31.6 Å². The Morgan fingerprint density at radius 1 is 1.00 bits per heavy atom. The van der Waals surface area contributed by atoms with Gasteiger partial charge in [0.15, 0.2) is 0 Å². The van der Waals surface area contributed by atoms with Gasteiger partial charge in [-0.05, 0) is 43.4 Å². The molecule has 0 saturated carbocycles. The quantitative estimate of drug-likeness (QED) is 0.637. The number of hydrogen-bond acceptors (Lipinski definition) is 5. The van der Waals surface area contributed by atoms with E-state index in [1.807, 2.05) is 39.8 Å². The van der Waals surface area contributed by atoms with Crippen LogP contribution >= 0.6 is 0 Å². The maximum absolute atomic E-state index is 12.2. The van der Waals surface area contributed by atoms with Crippen LogP contribution in [0.4, 0.5) is 0 Å². The summed E-state index contributed by atoms with van der Waals surface area (Å²) in [5.41, 5.74) is 1.44. The van der Waals surface area contributed by atoms with Crippen molar-refractivity contribution in [3.8, 4) is 6.07 Å². The maximum Gasteiger partial charge on any atom is 0.307 e. The molecule has 0 saturated heterocycles. The molecule has 0 amide bonds. The standard InChI is InChI=1S/C20H27NO4/c1-5-9-24-18(22)12-20(14-21,13-19(23)25-10-6-2)17-8-7-15(3)16(4)11-17/h7-8,11H,5-6,9-10,12-13H2,1-4H3. The fourth-order valence-electron chi connectivity index (χ4n) is 2.48. The van der Waals surface area contributed by atoms with Crippen LogP contribution in [0.5, 0.6) is 0 Å². The van der Waals surface area contributed by atoms with Gasteiger partial charge in [-0.1, -0.05) is 32.0 Å². The number of rotatable bonds is 9. The minimum atomic E-state index is -1.28. The SMILES string of the molecule is CCCOC(=O)CC(C#N)(CC(=O)OCCC)c1ccc(C)c(C)c1. The van der Waals surface area contributed by atoms with Gasteiger partial charge in [0, 0.05) is 0 Å². The summed E-state index contributed by atoms with van der Waals surface area (Å²) in [5.74, 6) is -0.963. The normalized spacial score (nSPS) is 10.8. The van der Waals surface area contributed by atoms with Gasteiger partial charge < -0.3 is 9.47 Å². The Kier molecular flexibility index (Phi) is 8.13. The molecule has 0 aliphatic heterocycles. The zero-order valence-corrected chi connectivity index (χ0v) is 15.6. The minimum Gasteiger partial charge on any atom is -0.466 e. The lowest BCUT2D eigenvalue weighted by atomic mass is 9.75. The number of carbonyl (C=O) groups is 2. The zero-order chi connectivity index (χ0) is 18.9. The number of nitriles is 1. The van der Waals surface area contributed by atoms with Crippen LogP contribution in [0.15, 0.2) is 18.2 Å². The Balaban J connectivity index is 3.17. The van der Waals surface area contributed by atoms with E-state index >= 15 is 0 Å². The Bertz CT molecular complexity index is 624. The third-order valence-electron chi connectivity index (χ3n) is 4.10. The minimum absolute atomic E-state index is 0.173. The number of carbonyl (C=O) groups excluding carboxylic acids is 2. The average molecular weight is 345 g/mol. The molecule has 1 aromatic carbocycles. The molecule has 0 N–H and O–H groups in total. The molecule has 5 heteroatoms. The third-order valence-corrected chi connectivity index (χ3v) is 4.10. The van der Waals surface area contributed by atoms with Crippen molar-refractivity contribution in [2.24, 2.45) is 0 Å². The lowest BCUT2D eigenvalue weighted by Crippen LogP contribution is -2.32. The predicted molar refractivity (Wildman–Crippen MR) is 94.9 cm³/mol. The van der Waals surface area contributed by atoms with E-state index in [2.05, 4.69) is 6.07 Å². The molecule has 136 valence electrons. The first kappa shape index (κ1) is 20.7. The van der Waals surface area contributed by atoms with Gasteiger partial charge >= 0.3 is 11.9 Å².